The molecule has 320 valence electrons. The Morgan fingerprint density at radius 2 is 0.914 bits per heavy atom. The first-order chi connectivity index (χ1) is 26.8. The van der Waals surface area contributed by atoms with Crippen molar-refractivity contribution in [2.24, 2.45) is 10.8 Å². The standard InChI is InChI=1S/2C22H29NO4S.2CH4/c2*1-3-5-13-22(4-2)15-28(26,27)19-12-11-17(23-25)14-18(19)20(21(22)24)16-9-7-6-8-10-16;;/h2*6-12,14,20-21,23-25H,3-5,13,15H2,1-2H3;2*1H4/t20-,21?,22+;20-,21?,22-;;/m01../s1. The lowest BCUT2D eigenvalue weighted by molar-refractivity contribution is 0.0173. The van der Waals surface area contributed by atoms with E-state index in [0.29, 0.717) is 48.2 Å². The predicted molar refractivity (Wildman–Crippen MR) is 234 cm³/mol. The Balaban J connectivity index is 0.000000300. The Hall–Kier alpha value is -3.78. The summed E-state index contributed by atoms with van der Waals surface area (Å²) in [5.74, 6) is -1.11. The summed E-state index contributed by atoms with van der Waals surface area (Å²) in [5, 5.41) is 42.0. The van der Waals surface area contributed by atoms with E-state index in [0.717, 1.165) is 36.8 Å². The molecule has 4 aromatic rings. The summed E-state index contributed by atoms with van der Waals surface area (Å²) < 4.78 is 53.4. The smallest absolute Gasteiger partial charge is 0.179 e. The van der Waals surface area contributed by atoms with Crippen LogP contribution in [-0.4, -0.2) is 61.2 Å². The summed E-state index contributed by atoms with van der Waals surface area (Å²) in [6.45, 7) is 8.08. The molecule has 4 aromatic carbocycles. The summed E-state index contributed by atoms with van der Waals surface area (Å²) in [5.41, 5.74) is 6.38. The van der Waals surface area contributed by atoms with Crippen LogP contribution in [0.25, 0.3) is 0 Å². The number of rotatable bonds is 12. The number of nitrogens with one attached hydrogen (secondary N) is 2. The van der Waals surface area contributed by atoms with Gasteiger partial charge in [-0.1, -0.05) is 129 Å². The van der Waals surface area contributed by atoms with Gasteiger partial charge in [-0.3, -0.25) is 21.4 Å². The fraction of sp³-hybridized carbons (Fsp3) is 0.478. The van der Waals surface area contributed by atoms with Gasteiger partial charge in [0, 0.05) is 22.7 Å². The maximum Gasteiger partial charge on any atom is 0.179 e. The van der Waals surface area contributed by atoms with Crippen LogP contribution in [0.1, 0.15) is 128 Å². The molecule has 2 aliphatic rings. The molecule has 0 spiro atoms. The van der Waals surface area contributed by atoms with Crippen molar-refractivity contribution in [2.75, 3.05) is 22.5 Å². The van der Waals surface area contributed by atoms with Crippen LogP contribution in [0, 0.1) is 10.8 Å². The van der Waals surface area contributed by atoms with Gasteiger partial charge in [0.05, 0.1) is 44.9 Å². The summed E-state index contributed by atoms with van der Waals surface area (Å²) in [6, 6.07) is 28.6. The lowest BCUT2D eigenvalue weighted by Gasteiger charge is -2.39. The van der Waals surface area contributed by atoms with E-state index in [-0.39, 0.29) is 36.1 Å². The normalized spacial score (nSPS) is 25.4. The lowest BCUT2D eigenvalue weighted by Crippen LogP contribution is -2.42. The molecule has 6 atom stereocenters. The van der Waals surface area contributed by atoms with E-state index in [1.165, 1.54) is 12.1 Å². The molecule has 0 aromatic heterocycles. The second-order valence-electron chi connectivity index (χ2n) is 15.6. The monoisotopic (exact) mass is 838 g/mol. The van der Waals surface area contributed by atoms with Crippen molar-refractivity contribution < 1.29 is 37.5 Å². The van der Waals surface area contributed by atoms with Gasteiger partial charge < -0.3 is 10.2 Å². The largest absolute Gasteiger partial charge is 0.392 e. The molecule has 0 bridgehead atoms. The molecule has 0 saturated heterocycles. The minimum absolute atomic E-state index is 0. The fourth-order valence-corrected chi connectivity index (χ4v) is 13.4. The van der Waals surface area contributed by atoms with Crippen LogP contribution in [0.2, 0.25) is 0 Å². The molecule has 6 rings (SSSR count). The quantitative estimate of drug-likeness (QED) is 0.0754. The number of benzene rings is 4. The first-order valence-corrected chi connectivity index (χ1v) is 23.1. The van der Waals surface area contributed by atoms with Gasteiger partial charge in [-0.05, 0) is 84.3 Å². The summed E-state index contributed by atoms with van der Waals surface area (Å²) >= 11 is 0. The first-order valence-electron chi connectivity index (χ1n) is 19.8. The topological polar surface area (TPSA) is 173 Å². The van der Waals surface area contributed by atoms with Crippen LogP contribution in [0.4, 0.5) is 11.4 Å². The van der Waals surface area contributed by atoms with Crippen LogP contribution < -0.4 is 11.0 Å². The van der Waals surface area contributed by atoms with Gasteiger partial charge in [0.15, 0.2) is 19.7 Å². The summed E-state index contributed by atoms with van der Waals surface area (Å²) in [4.78, 5) is 0.484. The molecular formula is C46H66N2O8S2. The highest BCUT2D eigenvalue weighted by Crippen LogP contribution is 2.50. The SMILES string of the molecule is C.C.CCCC[C@]1(CC)CS(=O)(=O)c2ccc(NO)cc2[C@@H](c2ccccc2)C1O.CCCC[C@]1(CC)CS(=O)(=O)c2ccc(NO)cc2[C@H](c2ccccc2)C1O. The van der Waals surface area contributed by atoms with E-state index in [9.17, 15) is 37.5 Å². The third-order valence-electron chi connectivity index (χ3n) is 12.2. The van der Waals surface area contributed by atoms with E-state index in [1.807, 2.05) is 74.5 Å². The van der Waals surface area contributed by atoms with Crippen molar-refractivity contribution in [3.8, 4) is 0 Å². The molecule has 0 aliphatic carbocycles. The minimum Gasteiger partial charge on any atom is -0.392 e. The number of fused-ring (bicyclic) bond motifs is 2. The van der Waals surface area contributed by atoms with E-state index < -0.39 is 54.5 Å². The van der Waals surface area contributed by atoms with Gasteiger partial charge in [-0.15, -0.1) is 0 Å². The molecule has 0 radical (unpaired) electrons. The highest BCUT2D eigenvalue weighted by atomic mass is 32.2. The summed E-state index contributed by atoms with van der Waals surface area (Å²) in [7, 11) is -7.19. The zero-order valence-corrected chi connectivity index (χ0v) is 34.5. The Morgan fingerprint density at radius 1 is 0.569 bits per heavy atom. The molecule has 2 heterocycles. The molecule has 6 N–H and O–H groups in total. The van der Waals surface area contributed by atoms with E-state index in [2.05, 4.69) is 24.8 Å². The molecule has 58 heavy (non-hydrogen) atoms. The maximum absolute atomic E-state index is 13.4. The summed E-state index contributed by atoms with van der Waals surface area (Å²) in [6.07, 6.45) is 4.38. The number of hydrogen-bond donors (Lipinski definition) is 6. The zero-order chi connectivity index (χ0) is 40.7. The highest BCUT2D eigenvalue weighted by molar-refractivity contribution is 7.91. The Bertz CT molecular complexity index is 1980. The number of sulfone groups is 2. The number of aliphatic hydroxyl groups excluding tert-OH is 2. The molecular weight excluding hydrogens is 773 g/mol. The predicted octanol–water partition coefficient (Wildman–Crippen LogP) is 9.98. The number of hydrogen-bond acceptors (Lipinski definition) is 10. The number of anilines is 2. The van der Waals surface area contributed by atoms with Crippen LogP contribution in [0.5, 0.6) is 0 Å². The van der Waals surface area contributed by atoms with Crippen molar-refractivity contribution in [3.63, 3.8) is 0 Å². The second kappa shape index (κ2) is 20.5. The first kappa shape index (κ1) is 48.6. The van der Waals surface area contributed by atoms with Crippen LogP contribution in [0.3, 0.4) is 0 Å². The highest BCUT2D eigenvalue weighted by Gasteiger charge is 2.50. The Morgan fingerprint density at radius 3 is 1.21 bits per heavy atom. The third-order valence-corrected chi connectivity index (χ3v) is 16.2. The van der Waals surface area contributed by atoms with Gasteiger partial charge in [-0.2, -0.15) is 0 Å². The van der Waals surface area contributed by atoms with Crippen molar-refractivity contribution >= 4 is 31.0 Å². The molecule has 2 aliphatic heterocycles. The van der Waals surface area contributed by atoms with Gasteiger partial charge in [0.2, 0.25) is 0 Å². The Kier molecular flexibility index (Phi) is 17.1. The van der Waals surface area contributed by atoms with Gasteiger partial charge >= 0.3 is 0 Å². The van der Waals surface area contributed by atoms with Crippen molar-refractivity contribution in [3.05, 3.63) is 119 Å². The zero-order valence-electron chi connectivity index (χ0n) is 32.9. The number of unbranched alkanes of at least 4 members (excludes halogenated alkanes) is 2. The van der Waals surface area contributed by atoms with Crippen LogP contribution >= 0.6 is 0 Å². The molecule has 0 amide bonds. The minimum atomic E-state index is -3.60. The number of aliphatic hydroxyl groups is 2. The molecule has 0 saturated carbocycles. The van der Waals surface area contributed by atoms with E-state index >= 15 is 0 Å². The molecule has 2 unspecified atom stereocenters. The lowest BCUT2D eigenvalue weighted by atomic mass is 9.69. The average Bonchev–Trinajstić information content (AvgIpc) is 3.33. The second-order valence-corrected chi connectivity index (χ2v) is 19.5. The van der Waals surface area contributed by atoms with Gasteiger partial charge in [0.1, 0.15) is 0 Å². The van der Waals surface area contributed by atoms with Crippen LogP contribution in [-0.2, 0) is 19.7 Å². The van der Waals surface area contributed by atoms with Crippen molar-refractivity contribution in [2.45, 2.75) is 128 Å². The average molecular weight is 839 g/mol. The fourth-order valence-electron chi connectivity index (χ4n) is 8.94. The molecule has 12 heteroatoms. The van der Waals surface area contributed by atoms with Gasteiger partial charge in [-0.25, -0.2) is 16.8 Å². The van der Waals surface area contributed by atoms with Gasteiger partial charge in [0.25, 0.3) is 0 Å². The van der Waals surface area contributed by atoms with Crippen molar-refractivity contribution in [1.82, 2.24) is 0 Å². The molecule has 10 nitrogen and oxygen atoms in total. The third kappa shape index (κ3) is 9.80. The van der Waals surface area contributed by atoms with Crippen LogP contribution in [0.15, 0.2) is 107 Å². The van der Waals surface area contributed by atoms with Crippen molar-refractivity contribution in [1.29, 1.82) is 0 Å². The Labute approximate surface area is 347 Å². The maximum atomic E-state index is 13.4. The van der Waals surface area contributed by atoms with E-state index in [1.54, 1.807) is 24.3 Å². The van der Waals surface area contributed by atoms with E-state index in [4.69, 9.17) is 0 Å². The molecule has 0 fully saturated rings.